The van der Waals surface area contributed by atoms with Gasteiger partial charge in [0.25, 0.3) is 11.8 Å². The molecule has 1 N–H and O–H groups in total. The van der Waals surface area contributed by atoms with Crippen molar-refractivity contribution in [1.29, 1.82) is 0 Å². The standard InChI is InChI=1S/C22H20N2O4S/c1-27-18-5-2-3-6-19(18)28-14-21(25)23-16-9-8-15-10-11-24(17(15)13-16)22(26)20-7-4-12-29-20/h2-9,12-13H,10-11,14H2,1H3,(H,23,25). The lowest BCUT2D eigenvalue weighted by Gasteiger charge is -2.17. The Kier molecular flexibility index (Phi) is 5.48. The van der Waals surface area contributed by atoms with Gasteiger partial charge in [-0.15, -0.1) is 11.3 Å². The number of hydrogen-bond donors (Lipinski definition) is 1. The van der Waals surface area contributed by atoms with Gasteiger partial charge in [0.1, 0.15) is 0 Å². The predicted molar refractivity (Wildman–Crippen MR) is 113 cm³/mol. The number of nitrogens with zero attached hydrogens (tertiary/aromatic N) is 1. The molecule has 0 bridgehead atoms. The van der Waals surface area contributed by atoms with Gasteiger partial charge in [-0.05, 0) is 47.7 Å². The minimum Gasteiger partial charge on any atom is -0.493 e. The molecule has 148 valence electrons. The molecular weight excluding hydrogens is 388 g/mol. The molecule has 0 atom stereocenters. The number of methoxy groups -OCH3 is 1. The van der Waals surface area contributed by atoms with Crippen LogP contribution in [0.15, 0.2) is 60.0 Å². The highest BCUT2D eigenvalue weighted by molar-refractivity contribution is 7.12. The minimum absolute atomic E-state index is 0.0123. The van der Waals surface area contributed by atoms with Crippen molar-refractivity contribution in [2.24, 2.45) is 0 Å². The van der Waals surface area contributed by atoms with Crippen molar-refractivity contribution in [1.82, 2.24) is 0 Å². The molecule has 2 amide bonds. The first-order valence-corrected chi connectivity index (χ1v) is 10.1. The number of ether oxygens (including phenoxy) is 2. The Morgan fingerprint density at radius 1 is 1.10 bits per heavy atom. The van der Waals surface area contributed by atoms with E-state index in [9.17, 15) is 9.59 Å². The van der Waals surface area contributed by atoms with E-state index in [1.165, 1.54) is 11.3 Å². The van der Waals surface area contributed by atoms with E-state index in [1.807, 2.05) is 47.8 Å². The third-order valence-corrected chi connectivity index (χ3v) is 5.53. The lowest BCUT2D eigenvalue weighted by Crippen LogP contribution is -2.28. The number of benzene rings is 2. The molecule has 0 spiro atoms. The number of rotatable bonds is 6. The SMILES string of the molecule is COc1ccccc1OCC(=O)Nc1ccc2c(c1)N(C(=O)c1cccs1)CC2. The molecule has 1 aromatic heterocycles. The third-order valence-electron chi connectivity index (χ3n) is 4.67. The van der Waals surface area contributed by atoms with Crippen LogP contribution in [0.5, 0.6) is 11.5 Å². The summed E-state index contributed by atoms with van der Waals surface area (Å²) in [5.74, 6) is 0.777. The highest BCUT2D eigenvalue weighted by Crippen LogP contribution is 2.32. The molecule has 2 aromatic carbocycles. The Hall–Kier alpha value is -3.32. The summed E-state index contributed by atoms with van der Waals surface area (Å²) in [6, 6.07) is 16.5. The van der Waals surface area contributed by atoms with Crippen LogP contribution in [-0.4, -0.2) is 32.1 Å². The topological polar surface area (TPSA) is 67.9 Å². The van der Waals surface area contributed by atoms with Gasteiger partial charge in [0.15, 0.2) is 18.1 Å². The summed E-state index contributed by atoms with van der Waals surface area (Å²) >= 11 is 1.43. The molecule has 0 radical (unpaired) electrons. The van der Waals surface area contributed by atoms with E-state index in [0.29, 0.717) is 28.6 Å². The Morgan fingerprint density at radius 2 is 1.93 bits per heavy atom. The van der Waals surface area contributed by atoms with Gasteiger partial charge in [0.2, 0.25) is 0 Å². The summed E-state index contributed by atoms with van der Waals surface area (Å²) in [6.45, 7) is 0.496. The van der Waals surface area contributed by atoms with Crippen molar-refractivity contribution in [3.63, 3.8) is 0 Å². The summed E-state index contributed by atoms with van der Waals surface area (Å²) in [6.07, 6.45) is 0.803. The van der Waals surface area contributed by atoms with Gasteiger partial charge in [-0.3, -0.25) is 9.59 Å². The van der Waals surface area contributed by atoms with Gasteiger partial charge in [-0.2, -0.15) is 0 Å². The number of para-hydroxylation sites is 2. The van der Waals surface area contributed by atoms with Crippen LogP contribution in [0.4, 0.5) is 11.4 Å². The van der Waals surface area contributed by atoms with Crippen LogP contribution in [0, 0.1) is 0 Å². The summed E-state index contributed by atoms with van der Waals surface area (Å²) in [5.41, 5.74) is 2.56. The first kappa shape index (κ1) is 19.0. The van der Waals surface area contributed by atoms with Crippen molar-refractivity contribution < 1.29 is 19.1 Å². The molecule has 0 saturated heterocycles. The molecular formula is C22H20N2O4S. The first-order chi connectivity index (χ1) is 14.2. The number of fused-ring (bicyclic) bond motifs is 1. The van der Waals surface area contributed by atoms with E-state index in [2.05, 4.69) is 5.32 Å². The number of hydrogen-bond acceptors (Lipinski definition) is 5. The molecule has 0 aliphatic carbocycles. The molecule has 3 aromatic rings. The fourth-order valence-electron chi connectivity index (χ4n) is 3.28. The predicted octanol–water partition coefficient (Wildman–Crippen LogP) is 3.98. The number of nitrogens with one attached hydrogen (secondary N) is 1. The Labute approximate surface area is 172 Å². The second kappa shape index (κ2) is 8.36. The van der Waals surface area contributed by atoms with Crippen LogP contribution in [0.1, 0.15) is 15.2 Å². The molecule has 0 saturated carbocycles. The van der Waals surface area contributed by atoms with Crippen LogP contribution >= 0.6 is 11.3 Å². The molecule has 0 fully saturated rings. The molecule has 0 unspecified atom stereocenters. The van der Waals surface area contributed by atoms with Gasteiger partial charge >= 0.3 is 0 Å². The van der Waals surface area contributed by atoms with Crippen LogP contribution in [-0.2, 0) is 11.2 Å². The van der Waals surface area contributed by atoms with Gasteiger partial charge < -0.3 is 19.7 Å². The second-order valence-corrected chi connectivity index (χ2v) is 7.46. The van der Waals surface area contributed by atoms with Crippen molar-refractivity contribution in [3.8, 4) is 11.5 Å². The number of carbonyl (C=O) groups excluding carboxylic acids is 2. The Morgan fingerprint density at radius 3 is 2.69 bits per heavy atom. The van der Waals surface area contributed by atoms with E-state index in [4.69, 9.17) is 9.47 Å². The molecule has 7 heteroatoms. The van der Waals surface area contributed by atoms with Crippen molar-refractivity contribution in [2.75, 3.05) is 30.5 Å². The molecule has 1 aliphatic heterocycles. The molecule has 4 rings (SSSR count). The summed E-state index contributed by atoms with van der Waals surface area (Å²) < 4.78 is 10.8. The van der Waals surface area contributed by atoms with E-state index in [1.54, 1.807) is 24.1 Å². The minimum atomic E-state index is -0.287. The highest BCUT2D eigenvalue weighted by atomic mass is 32.1. The number of amides is 2. The molecule has 2 heterocycles. The largest absolute Gasteiger partial charge is 0.493 e. The fraction of sp³-hybridized carbons (Fsp3) is 0.182. The van der Waals surface area contributed by atoms with Crippen LogP contribution in [0.2, 0.25) is 0 Å². The van der Waals surface area contributed by atoms with E-state index < -0.39 is 0 Å². The van der Waals surface area contributed by atoms with Crippen molar-refractivity contribution in [2.45, 2.75) is 6.42 Å². The Bertz CT molecular complexity index is 1030. The Balaban J connectivity index is 1.43. The van der Waals surface area contributed by atoms with Crippen LogP contribution in [0.25, 0.3) is 0 Å². The average Bonchev–Trinajstić information content (AvgIpc) is 3.42. The maximum Gasteiger partial charge on any atom is 0.268 e. The van der Waals surface area contributed by atoms with Gasteiger partial charge in [-0.1, -0.05) is 24.3 Å². The quantitative estimate of drug-likeness (QED) is 0.670. The van der Waals surface area contributed by atoms with E-state index in [-0.39, 0.29) is 18.4 Å². The lowest BCUT2D eigenvalue weighted by atomic mass is 10.1. The van der Waals surface area contributed by atoms with Crippen molar-refractivity contribution >= 4 is 34.5 Å². The zero-order valence-electron chi connectivity index (χ0n) is 15.9. The fourth-order valence-corrected chi connectivity index (χ4v) is 3.95. The highest BCUT2D eigenvalue weighted by Gasteiger charge is 2.26. The third kappa shape index (κ3) is 4.09. The average molecular weight is 408 g/mol. The smallest absolute Gasteiger partial charge is 0.268 e. The second-order valence-electron chi connectivity index (χ2n) is 6.52. The monoisotopic (exact) mass is 408 g/mol. The summed E-state index contributed by atoms with van der Waals surface area (Å²) in [4.78, 5) is 27.5. The number of thiophene rings is 1. The summed E-state index contributed by atoms with van der Waals surface area (Å²) in [5, 5.41) is 4.72. The molecule has 6 nitrogen and oxygen atoms in total. The first-order valence-electron chi connectivity index (χ1n) is 9.19. The van der Waals surface area contributed by atoms with Crippen molar-refractivity contribution in [3.05, 3.63) is 70.4 Å². The zero-order chi connectivity index (χ0) is 20.2. The molecule has 1 aliphatic rings. The number of carbonyl (C=O) groups is 2. The lowest BCUT2D eigenvalue weighted by molar-refractivity contribution is -0.118. The normalized spacial score (nSPS) is 12.4. The summed E-state index contributed by atoms with van der Waals surface area (Å²) in [7, 11) is 1.55. The van der Waals surface area contributed by atoms with Gasteiger partial charge in [-0.25, -0.2) is 0 Å². The van der Waals surface area contributed by atoms with Crippen LogP contribution in [0.3, 0.4) is 0 Å². The van der Waals surface area contributed by atoms with Gasteiger partial charge in [0.05, 0.1) is 12.0 Å². The van der Waals surface area contributed by atoms with Crippen LogP contribution < -0.4 is 19.7 Å². The maximum atomic E-state index is 12.7. The van der Waals surface area contributed by atoms with E-state index >= 15 is 0 Å². The zero-order valence-corrected chi connectivity index (χ0v) is 16.7. The molecule has 29 heavy (non-hydrogen) atoms. The van der Waals surface area contributed by atoms with Gasteiger partial charge in [0, 0.05) is 17.9 Å². The van der Waals surface area contributed by atoms with E-state index in [0.717, 1.165) is 17.7 Å². The maximum absolute atomic E-state index is 12.7. The number of anilines is 2.